The Morgan fingerprint density at radius 1 is 1.43 bits per heavy atom. The summed E-state index contributed by atoms with van der Waals surface area (Å²) in [6.45, 7) is 6.21. The summed E-state index contributed by atoms with van der Waals surface area (Å²) in [6.07, 6.45) is 8.19. The van der Waals surface area contributed by atoms with E-state index in [1.165, 1.54) is 32.2 Å². The molecule has 0 aromatic carbocycles. The number of likely N-dealkylation sites (tertiary alicyclic amines) is 1. The topological polar surface area (TPSA) is 40.8 Å². The van der Waals surface area contributed by atoms with Crippen molar-refractivity contribution >= 4 is 29.9 Å². The van der Waals surface area contributed by atoms with E-state index in [2.05, 4.69) is 17.1 Å². The van der Waals surface area contributed by atoms with E-state index in [0.29, 0.717) is 5.41 Å². The Hall–Kier alpha value is -0.720. The van der Waals surface area contributed by atoms with Gasteiger partial charge in [0.1, 0.15) is 5.76 Å². The molecule has 0 atom stereocenters. The SMILES string of the molecule is CCNC(=NCCc1ccco1)N1CCC2(CCC2)C1.I. The van der Waals surface area contributed by atoms with Gasteiger partial charge in [-0.2, -0.15) is 0 Å². The zero-order valence-corrected chi connectivity index (χ0v) is 15.1. The number of hydrogen-bond donors (Lipinski definition) is 1. The number of nitrogens with one attached hydrogen (secondary N) is 1. The lowest BCUT2D eigenvalue weighted by Gasteiger charge is -2.38. The molecule has 1 saturated carbocycles. The lowest BCUT2D eigenvalue weighted by molar-refractivity contribution is 0.151. The van der Waals surface area contributed by atoms with Gasteiger partial charge in [0.15, 0.2) is 5.96 Å². The highest BCUT2D eigenvalue weighted by atomic mass is 127. The number of aliphatic imine (C=N–C) groups is 1. The highest BCUT2D eigenvalue weighted by molar-refractivity contribution is 14.0. The molecule has 118 valence electrons. The fraction of sp³-hybridized carbons (Fsp3) is 0.688. The molecule has 5 heteroatoms. The average Bonchev–Trinajstić information content (AvgIpc) is 3.06. The third-order valence-electron chi connectivity index (χ3n) is 4.69. The van der Waals surface area contributed by atoms with Gasteiger partial charge in [-0.1, -0.05) is 6.42 Å². The van der Waals surface area contributed by atoms with Crippen LogP contribution in [0.1, 0.15) is 38.4 Å². The van der Waals surface area contributed by atoms with Crippen molar-refractivity contribution in [3.63, 3.8) is 0 Å². The monoisotopic (exact) mass is 403 g/mol. The van der Waals surface area contributed by atoms with Crippen LogP contribution in [0.2, 0.25) is 0 Å². The summed E-state index contributed by atoms with van der Waals surface area (Å²) >= 11 is 0. The highest BCUT2D eigenvalue weighted by Crippen LogP contribution is 2.47. The molecule has 0 bridgehead atoms. The Bertz CT molecular complexity index is 454. The van der Waals surface area contributed by atoms with E-state index in [1.54, 1.807) is 6.26 Å². The van der Waals surface area contributed by atoms with Crippen molar-refractivity contribution in [3.05, 3.63) is 24.2 Å². The molecule has 1 saturated heterocycles. The first-order valence-electron chi connectivity index (χ1n) is 7.87. The van der Waals surface area contributed by atoms with Gasteiger partial charge in [-0.25, -0.2) is 0 Å². The summed E-state index contributed by atoms with van der Waals surface area (Å²) in [5, 5.41) is 3.44. The number of hydrogen-bond acceptors (Lipinski definition) is 2. The maximum absolute atomic E-state index is 5.36. The maximum Gasteiger partial charge on any atom is 0.193 e. The van der Waals surface area contributed by atoms with Crippen LogP contribution in [-0.4, -0.2) is 37.0 Å². The first kappa shape index (κ1) is 16.6. The van der Waals surface area contributed by atoms with E-state index in [1.807, 2.05) is 12.1 Å². The van der Waals surface area contributed by atoms with Crippen molar-refractivity contribution in [3.8, 4) is 0 Å². The molecule has 1 aromatic heterocycles. The molecule has 2 aliphatic rings. The van der Waals surface area contributed by atoms with Gasteiger partial charge >= 0.3 is 0 Å². The van der Waals surface area contributed by atoms with Gasteiger partial charge in [-0.3, -0.25) is 4.99 Å². The van der Waals surface area contributed by atoms with Gasteiger partial charge < -0.3 is 14.6 Å². The van der Waals surface area contributed by atoms with E-state index in [4.69, 9.17) is 9.41 Å². The summed E-state index contributed by atoms with van der Waals surface area (Å²) in [6, 6.07) is 3.95. The number of rotatable bonds is 4. The van der Waals surface area contributed by atoms with Gasteiger partial charge in [0.05, 0.1) is 6.26 Å². The van der Waals surface area contributed by atoms with Gasteiger partial charge in [0.2, 0.25) is 0 Å². The first-order chi connectivity index (χ1) is 9.81. The third kappa shape index (κ3) is 3.93. The summed E-state index contributed by atoms with van der Waals surface area (Å²) in [7, 11) is 0. The Labute approximate surface area is 144 Å². The molecule has 0 unspecified atom stereocenters. The van der Waals surface area contributed by atoms with Gasteiger partial charge in [-0.15, -0.1) is 24.0 Å². The number of furan rings is 1. The second kappa shape index (κ2) is 7.51. The minimum atomic E-state index is 0. The fourth-order valence-electron chi connectivity index (χ4n) is 3.35. The van der Waals surface area contributed by atoms with Crippen molar-refractivity contribution in [1.82, 2.24) is 10.2 Å². The van der Waals surface area contributed by atoms with Crippen LogP contribution in [-0.2, 0) is 6.42 Å². The van der Waals surface area contributed by atoms with Gasteiger partial charge in [-0.05, 0) is 43.7 Å². The lowest BCUT2D eigenvalue weighted by atomic mass is 9.68. The predicted octanol–water partition coefficient (Wildman–Crippen LogP) is 3.28. The molecule has 1 N–H and O–H groups in total. The Balaban J connectivity index is 0.00000161. The Morgan fingerprint density at radius 3 is 2.86 bits per heavy atom. The molecule has 3 rings (SSSR count). The fourth-order valence-corrected chi connectivity index (χ4v) is 3.35. The van der Waals surface area contributed by atoms with E-state index < -0.39 is 0 Å². The second-order valence-corrected chi connectivity index (χ2v) is 6.09. The zero-order valence-electron chi connectivity index (χ0n) is 12.8. The molecule has 1 aliphatic heterocycles. The van der Waals surface area contributed by atoms with Crippen LogP contribution in [0, 0.1) is 5.41 Å². The average molecular weight is 403 g/mol. The number of nitrogens with zero attached hydrogens (tertiary/aromatic N) is 2. The van der Waals surface area contributed by atoms with Crippen molar-refractivity contribution in [2.45, 2.75) is 39.0 Å². The van der Waals surface area contributed by atoms with Crippen LogP contribution in [0.5, 0.6) is 0 Å². The van der Waals surface area contributed by atoms with Crippen molar-refractivity contribution in [1.29, 1.82) is 0 Å². The van der Waals surface area contributed by atoms with Crippen molar-refractivity contribution in [2.75, 3.05) is 26.2 Å². The molecular formula is C16H26IN3O. The molecule has 1 spiro atoms. The molecule has 0 radical (unpaired) electrons. The third-order valence-corrected chi connectivity index (χ3v) is 4.69. The van der Waals surface area contributed by atoms with Gasteiger partial charge in [0.25, 0.3) is 0 Å². The largest absolute Gasteiger partial charge is 0.469 e. The van der Waals surface area contributed by atoms with E-state index in [0.717, 1.165) is 37.8 Å². The standard InChI is InChI=1S/C16H25N3O.HI/c1-2-17-15(18-10-6-14-5-3-12-20-14)19-11-9-16(13-19)7-4-8-16;/h3,5,12H,2,4,6-11,13H2,1H3,(H,17,18);1H. The number of guanidine groups is 1. The van der Waals surface area contributed by atoms with E-state index in [-0.39, 0.29) is 24.0 Å². The molecule has 0 amide bonds. The molecule has 2 heterocycles. The van der Waals surface area contributed by atoms with Crippen LogP contribution in [0.3, 0.4) is 0 Å². The predicted molar refractivity (Wildman–Crippen MR) is 96.3 cm³/mol. The van der Waals surface area contributed by atoms with Crippen LogP contribution in [0.25, 0.3) is 0 Å². The van der Waals surface area contributed by atoms with Crippen molar-refractivity contribution in [2.24, 2.45) is 10.4 Å². The first-order valence-corrected chi connectivity index (χ1v) is 7.87. The second-order valence-electron chi connectivity index (χ2n) is 6.09. The van der Waals surface area contributed by atoms with E-state index >= 15 is 0 Å². The number of halogens is 1. The summed E-state index contributed by atoms with van der Waals surface area (Å²) < 4.78 is 5.36. The minimum absolute atomic E-state index is 0. The minimum Gasteiger partial charge on any atom is -0.469 e. The molecule has 1 aliphatic carbocycles. The molecule has 4 nitrogen and oxygen atoms in total. The zero-order chi connectivity index (χ0) is 13.8. The summed E-state index contributed by atoms with van der Waals surface area (Å²) in [5.41, 5.74) is 0.622. The van der Waals surface area contributed by atoms with Crippen LogP contribution in [0.15, 0.2) is 27.8 Å². The highest BCUT2D eigenvalue weighted by Gasteiger charge is 2.43. The normalized spacial score (nSPS) is 20.2. The maximum atomic E-state index is 5.36. The van der Waals surface area contributed by atoms with Gasteiger partial charge in [0, 0.05) is 32.6 Å². The van der Waals surface area contributed by atoms with Crippen LogP contribution >= 0.6 is 24.0 Å². The molecule has 1 aromatic rings. The smallest absolute Gasteiger partial charge is 0.193 e. The molecule has 2 fully saturated rings. The van der Waals surface area contributed by atoms with E-state index in [9.17, 15) is 0 Å². The molecular weight excluding hydrogens is 377 g/mol. The molecule has 21 heavy (non-hydrogen) atoms. The summed E-state index contributed by atoms with van der Waals surface area (Å²) in [5.74, 6) is 2.10. The lowest BCUT2D eigenvalue weighted by Crippen LogP contribution is -2.42. The Morgan fingerprint density at radius 2 is 2.29 bits per heavy atom. The quantitative estimate of drug-likeness (QED) is 0.477. The Kier molecular flexibility index (Phi) is 5.96. The van der Waals surface area contributed by atoms with Crippen molar-refractivity contribution < 1.29 is 4.42 Å². The summed E-state index contributed by atoms with van der Waals surface area (Å²) in [4.78, 5) is 7.21. The van der Waals surface area contributed by atoms with Crippen LogP contribution < -0.4 is 5.32 Å². The van der Waals surface area contributed by atoms with Crippen LogP contribution in [0.4, 0.5) is 0 Å².